The molecular weight excluding hydrogens is 252 g/mol. The molecule has 2 N–H and O–H groups in total. The first-order chi connectivity index (χ1) is 9.76. The summed E-state index contributed by atoms with van der Waals surface area (Å²) in [6, 6.07) is 7.84. The number of carbonyl (C=O) groups excluding carboxylic acids is 1. The Kier molecular flexibility index (Phi) is 5.56. The molecule has 0 bridgehead atoms. The SMILES string of the molecule is CCCCN(CCO)C1CCc2ccccc2NC1=O. The van der Waals surface area contributed by atoms with Gasteiger partial charge in [-0.3, -0.25) is 9.69 Å². The van der Waals surface area contributed by atoms with Crippen LogP contribution in [0.5, 0.6) is 0 Å². The van der Waals surface area contributed by atoms with Crippen molar-refractivity contribution in [1.82, 2.24) is 4.90 Å². The van der Waals surface area contributed by atoms with Crippen molar-refractivity contribution >= 4 is 11.6 Å². The number of carbonyl (C=O) groups is 1. The van der Waals surface area contributed by atoms with Crippen LogP contribution in [-0.2, 0) is 11.2 Å². The van der Waals surface area contributed by atoms with Crippen LogP contribution in [0.2, 0.25) is 0 Å². The van der Waals surface area contributed by atoms with E-state index >= 15 is 0 Å². The summed E-state index contributed by atoms with van der Waals surface area (Å²) in [6.45, 7) is 3.67. The molecular formula is C16H24N2O2. The average Bonchev–Trinajstić information content (AvgIpc) is 2.62. The molecule has 1 atom stereocenters. The second kappa shape index (κ2) is 7.41. The molecule has 0 fully saturated rings. The Hall–Kier alpha value is -1.39. The molecule has 0 aliphatic carbocycles. The van der Waals surface area contributed by atoms with Gasteiger partial charge in [-0.05, 0) is 37.4 Å². The number of rotatable bonds is 6. The van der Waals surface area contributed by atoms with Gasteiger partial charge in [0.2, 0.25) is 5.91 Å². The molecule has 0 spiro atoms. The van der Waals surface area contributed by atoms with E-state index in [-0.39, 0.29) is 18.6 Å². The molecule has 4 heteroatoms. The van der Waals surface area contributed by atoms with Crippen molar-refractivity contribution in [3.05, 3.63) is 29.8 Å². The summed E-state index contributed by atoms with van der Waals surface area (Å²) in [5.74, 6) is 0.0551. The number of hydrogen-bond donors (Lipinski definition) is 2. The Morgan fingerprint density at radius 3 is 2.90 bits per heavy atom. The molecule has 1 aromatic rings. The maximum absolute atomic E-state index is 12.4. The Morgan fingerprint density at radius 1 is 1.35 bits per heavy atom. The first-order valence-electron chi connectivity index (χ1n) is 7.50. The molecule has 0 saturated heterocycles. The number of fused-ring (bicyclic) bond motifs is 1. The Balaban J connectivity index is 2.10. The number of nitrogens with zero attached hydrogens (tertiary/aromatic N) is 1. The van der Waals surface area contributed by atoms with Crippen LogP contribution in [0.4, 0.5) is 5.69 Å². The van der Waals surface area contributed by atoms with Gasteiger partial charge in [0.25, 0.3) is 0 Å². The minimum Gasteiger partial charge on any atom is -0.395 e. The van der Waals surface area contributed by atoms with Crippen molar-refractivity contribution in [2.45, 2.75) is 38.6 Å². The lowest BCUT2D eigenvalue weighted by Crippen LogP contribution is -2.45. The van der Waals surface area contributed by atoms with E-state index in [2.05, 4.69) is 23.2 Å². The van der Waals surface area contributed by atoms with Gasteiger partial charge in [-0.2, -0.15) is 0 Å². The van der Waals surface area contributed by atoms with Crippen molar-refractivity contribution in [1.29, 1.82) is 0 Å². The maximum Gasteiger partial charge on any atom is 0.241 e. The van der Waals surface area contributed by atoms with Crippen LogP contribution in [-0.4, -0.2) is 41.7 Å². The molecule has 0 radical (unpaired) electrons. The summed E-state index contributed by atoms with van der Waals surface area (Å²) in [6.07, 6.45) is 3.85. The highest BCUT2D eigenvalue weighted by Crippen LogP contribution is 2.23. The fourth-order valence-corrected chi connectivity index (χ4v) is 2.76. The first kappa shape index (κ1) is 15.0. The van der Waals surface area contributed by atoms with Crippen LogP contribution in [0.3, 0.4) is 0 Å². The number of para-hydroxylation sites is 1. The lowest BCUT2D eigenvalue weighted by Gasteiger charge is -2.29. The van der Waals surface area contributed by atoms with Gasteiger partial charge >= 0.3 is 0 Å². The maximum atomic E-state index is 12.4. The summed E-state index contributed by atoms with van der Waals surface area (Å²) in [5, 5.41) is 12.2. The zero-order valence-corrected chi connectivity index (χ0v) is 12.1. The molecule has 1 aliphatic heterocycles. The number of aliphatic hydroxyl groups excluding tert-OH is 1. The van der Waals surface area contributed by atoms with Gasteiger partial charge < -0.3 is 10.4 Å². The average molecular weight is 276 g/mol. The summed E-state index contributed by atoms with van der Waals surface area (Å²) >= 11 is 0. The van der Waals surface area contributed by atoms with E-state index in [0.717, 1.165) is 37.9 Å². The van der Waals surface area contributed by atoms with E-state index in [0.29, 0.717) is 6.54 Å². The summed E-state index contributed by atoms with van der Waals surface area (Å²) in [7, 11) is 0. The number of unbranched alkanes of at least 4 members (excludes halogenated alkanes) is 1. The monoisotopic (exact) mass is 276 g/mol. The highest BCUT2D eigenvalue weighted by molar-refractivity contribution is 5.96. The minimum absolute atomic E-state index is 0.0551. The van der Waals surface area contributed by atoms with Crippen LogP contribution >= 0.6 is 0 Å². The topological polar surface area (TPSA) is 52.6 Å². The van der Waals surface area contributed by atoms with Crippen molar-refractivity contribution in [2.75, 3.05) is 25.0 Å². The Labute approximate surface area is 120 Å². The van der Waals surface area contributed by atoms with Gasteiger partial charge in [-0.25, -0.2) is 0 Å². The van der Waals surface area contributed by atoms with Gasteiger partial charge in [0.1, 0.15) is 0 Å². The molecule has 110 valence electrons. The van der Waals surface area contributed by atoms with Crippen molar-refractivity contribution in [3.63, 3.8) is 0 Å². The van der Waals surface area contributed by atoms with Crippen LogP contribution in [0.25, 0.3) is 0 Å². The number of aliphatic hydroxyl groups is 1. The van der Waals surface area contributed by atoms with Gasteiger partial charge in [0, 0.05) is 12.2 Å². The Bertz CT molecular complexity index is 448. The predicted octanol–water partition coefficient (Wildman–Crippen LogP) is 2.03. The number of hydrogen-bond acceptors (Lipinski definition) is 3. The molecule has 1 amide bonds. The van der Waals surface area contributed by atoms with Gasteiger partial charge in [0.15, 0.2) is 0 Å². The van der Waals surface area contributed by atoms with Crippen LogP contribution < -0.4 is 5.32 Å². The second-order valence-electron chi connectivity index (χ2n) is 5.31. The summed E-state index contributed by atoms with van der Waals surface area (Å²) < 4.78 is 0. The largest absolute Gasteiger partial charge is 0.395 e. The van der Waals surface area contributed by atoms with Crippen molar-refractivity contribution in [3.8, 4) is 0 Å². The van der Waals surface area contributed by atoms with E-state index in [1.807, 2.05) is 18.2 Å². The van der Waals surface area contributed by atoms with Gasteiger partial charge in [-0.15, -0.1) is 0 Å². The highest BCUT2D eigenvalue weighted by Gasteiger charge is 2.28. The summed E-state index contributed by atoms with van der Waals surface area (Å²) in [5.41, 5.74) is 2.13. The van der Waals surface area contributed by atoms with Crippen molar-refractivity contribution < 1.29 is 9.90 Å². The third-order valence-corrected chi connectivity index (χ3v) is 3.89. The molecule has 2 rings (SSSR count). The molecule has 4 nitrogen and oxygen atoms in total. The van der Waals surface area contributed by atoms with Gasteiger partial charge in [0.05, 0.1) is 12.6 Å². The predicted molar refractivity (Wildman–Crippen MR) is 80.7 cm³/mol. The smallest absolute Gasteiger partial charge is 0.241 e. The third-order valence-electron chi connectivity index (χ3n) is 3.89. The normalized spacial score (nSPS) is 18.6. The minimum atomic E-state index is -0.138. The number of aryl methyl sites for hydroxylation is 1. The van der Waals surface area contributed by atoms with E-state index < -0.39 is 0 Å². The number of anilines is 1. The van der Waals surface area contributed by atoms with Crippen molar-refractivity contribution in [2.24, 2.45) is 0 Å². The molecule has 1 unspecified atom stereocenters. The molecule has 1 heterocycles. The first-order valence-corrected chi connectivity index (χ1v) is 7.50. The van der Waals surface area contributed by atoms with E-state index in [9.17, 15) is 9.90 Å². The molecule has 0 saturated carbocycles. The van der Waals surface area contributed by atoms with E-state index in [1.165, 1.54) is 5.56 Å². The number of benzene rings is 1. The Morgan fingerprint density at radius 2 is 2.15 bits per heavy atom. The van der Waals surface area contributed by atoms with E-state index in [4.69, 9.17) is 0 Å². The zero-order chi connectivity index (χ0) is 14.4. The van der Waals surface area contributed by atoms with Gasteiger partial charge in [-0.1, -0.05) is 31.5 Å². The second-order valence-corrected chi connectivity index (χ2v) is 5.31. The zero-order valence-electron chi connectivity index (χ0n) is 12.1. The number of nitrogens with one attached hydrogen (secondary N) is 1. The lowest BCUT2D eigenvalue weighted by atomic mass is 10.0. The number of amides is 1. The molecule has 20 heavy (non-hydrogen) atoms. The quantitative estimate of drug-likeness (QED) is 0.836. The van der Waals surface area contributed by atoms with Crippen LogP contribution in [0.15, 0.2) is 24.3 Å². The molecule has 0 aromatic heterocycles. The summed E-state index contributed by atoms with van der Waals surface area (Å²) in [4.78, 5) is 14.5. The van der Waals surface area contributed by atoms with E-state index in [1.54, 1.807) is 0 Å². The van der Waals surface area contributed by atoms with Crippen LogP contribution in [0.1, 0.15) is 31.7 Å². The lowest BCUT2D eigenvalue weighted by molar-refractivity contribution is -0.121. The standard InChI is InChI=1S/C16H24N2O2/c1-2-3-10-18(11-12-19)15-9-8-13-6-4-5-7-14(13)17-16(15)20/h4-7,15,19H,2-3,8-12H2,1H3,(H,17,20). The molecule has 1 aromatic carbocycles. The van der Waals surface area contributed by atoms with Crippen LogP contribution in [0, 0.1) is 0 Å². The fraction of sp³-hybridized carbons (Fsp3) is 0.562. The molecule has 1 aliphatic rings. The third kappa shape index (κ3) is 3.58. The highest BCUT2D eigenvalue weighted by atomic mass is 16.3. The fourth-order valence-electron chi connectivity index (χ4n) is 2.76.